The molecule has 0 bridgehead atoms. The van der Waals surface area contributed by atoms with Crippen molar-refractivity contribution in [3.05, 3.63) is 29.5 Å². The molecule has 8 heteroatoms. The number of rotatable bonds is 2. The second kappa shape index (κ2) is 4.36. The number of aromatic nitrogens is 5. The molecule has 0 unspecified atom stereocenters. The van der Waals surface area contributed by atoms with Crippen LogP contribution in [-0.2, 0) is 7.05 Å². The molecule has 0 spiro atoms. The normalized spacial score (nSPS) is 10.8. The van der Waals surface area contributed by atoms with Crippen molar-refractivity contribution in [1.29, 1.82) is 0 Å². The minimum absolute atomic E-state index is 0.303. The average Bonchev–Trinajstić information content (AvgIpc) is 2.99. The lowest BCUT2D eigenvalue weighted by molar-refractivity contribution is 0.432. The van der Waals surface area contributed by atoms with E-state index < -0.39 is 0 Å². The van der Waals surface area contributed by atoms with Crippen molar-refractivity contribution >= 4 is 17.4 Å². The zero-order valence-corrected chi connectivity index (χ0v) is 10.7. The molecule has 19 heavy (non-hydrogen) atoms. The molecule has 0 aliphatic heterocycles. The Morgan fingerprint density at radius 3 is 2.79 bits per heavy atom. The molecular formula is C11H9ClN6O. The first kappa shape index (κ1) is 11.7. The zero-order chi connectivity index (χ0) is 13.4. The first-order valence-corrected chi connectivity index (χ1v) is 5.76. The van der Waals surface area contributed by atoms with Crippen molar-refractivity contribution in [2.24, 2.45) is 7.05 Å². The van der Waals surface area contributed by atoms with Crippen molar-refractivity contribution < 1.29 is 4.52 Å². The number of aryl methyl sites for hydroxylation is 1. The van der Waals surface area contributed by atoms with Crippen LogP contribution in [-0.4, -0.2) is 24.9 Å². The third kappa shape index (κ3) is 2.04. The number of pyridine rings is 1. The Bertz CT molecular complexity index is 717. The van der Waals surface area contributed by atoms with Crippen molar-refractivity contribution in [2.75, 3.05) is 5.73 Å². The third-order valence-electron chi connectivity index (χ3n) is 2.60. The summed E-state index contributed by atoms with van der Waals surface area (Å²) in [5.41, 5.74) is 7.01. The minimum Gasteiger partial charge on any atom is -0.383 e. The standard InChI is InChI=1S/C11H9ClN6O/c1-18-9(13)7(5-15-18)11-16-10(17-19-11)8-3-2-6(12)4-14-8/h2-5H,13H2,1H3. The number of hydrogen-bond donors (Lipinski definition) is 1. The Labute approximate surface area is 113 Å². The van der Waals surface area contributed by atoms with Gasteiger partial charge in [0.05, 0.1) is 11.2 Å². The molecule has 0 fully saturated rings. The van der Waals surface area contributed by atoms with Crippen LogP contribution in [0.15, 0.2) is 29.0 Å². The molecule has 0 amide bonds. The van der Waals surface area contributed by atoms with Crippen LogP contribution < -0.4 is 5.73 Å². The van der Waals surface area contributed by atoms with Crippen LogP contribution in [0.3, 0.4) is 0 Å². The summed E-state index contributed by atoms with van der Waals surface area (Å²) in [6.45, 7) is 0. The predicted molar refractivity (Wildman–Crippen MR) is 69.2 cm³/mol. The predicted octanol–water partition coefficient (Wildman–Crippen LogP) is 1.77. The number of hydrogen-bond acceptors (Lipinski definition) is 6. The lowest BCUT2D eigenvalue weighted by atomic mass is 10.3. The van der Waals surface area contributed by atoms with Crippen LogP contribution >= 0.6 is 11.6 Å². The summed E-state index contributed by atoms with van der Waals surface area (Å²) in [5.74, 6) is 1.13. The number of anilines is 1. The molecule has 0 aromatic carbocycles. The van der Waals surface area contributed by atoms with Gasteiger partial charge >= 0.3 is 0 Å². The minimum atomic E-state index is 0.303. The van der Waals surface area contributed by atoms with Crippen LogP contribution in [0.5, 0.6) is 0 Å². The highest BCUT2D eigenvalue weighted by molar-refractivity contribution is 6.30. The fraction of sp³-hybridized carbons (Fsp3) is 0.0909. The van der Waals surface area contributed by atoms with Crippen LogP contribution in [0.4, 0.5) is 5.82 Å². The van der Waals surface area contributed by atoms with E-state index >= 15 is 0 Å². The molecule has 0 radical (unpaired) electrons. The molecule has 0 aliphatic rings. The molecule has 7 nitrogen and oxygen atoms in total. The van der Waals surface area contributed by atoms with Gasteiger partial charge in [-0.15, -0.1) is 0 Å². The molecule has 0 atom stereocenters. The molecule has 0 saturated carbocycles. The summed E-state index contributed by atoms with van der Waals surface area (Å²) >= 11 is 5.77. The Kier molecular flexibility index (Phi) is 2.68. The van der Waals surface area contributed by atoms with E-state index in [0.29, 0.717) is 33.8 Å². The molecule has 2 N–H and O–H groups in total. The third-order valence-corrected chi connectivity index (χ3v) is 2.82. The van der Waals surface area contributed by atoms with Crippen molar-refractivity contribution in [3.8, 4) is 23.0 Å². The van der Waals surface area contributed by atoms with Gasteiger partial charge in [-0.2, -0.15) is 10.1 Å². The number of halogens is 1. The highest BCUT2D eigenvalue weighted by Gasteiger charge is 2.16. The fourth-order valence-electron chi connectivity index (χ4n) is 1.56. The smallest absolute Gasteiger partial charge is 0.263 e. The van der Waals surface area contributed by atoms with Gasteiger partial charge in [0, 0.05) is 13.2 Å². The highest BCUT2D eigenvalue weighted by Crippen LogP contribution is 2.25. The van der Waals surface area contributed by atoms with Crippen LogP contribution in [0.25, 0.3) is 23.0 Å². The summed E-state index contributed by atoms with van der Waals surface area (Å²) in [4.78, 5) is 8.35. The summed E-state index contributed by atoms with van der Waals surface area (Å²) in [5, 5.41) is 8.42. The van der Waals surface area contributed by atoms with E-state index in [9.17, 15) is 0 Å². The van der Waals surface area contributed by atoms with Gasteiger partial charge in [-0.05, 0) is 12.1 Å². The lowest BCUT2D eigenvalue weighted by Crippen LogP contribution is -1.98. The lowest BCUT2D eigenvalue weighted by Gasteiger charge is -1.94. The van der Waals surface area contributed by atoms with Gasteiger partial charge < -0.3 is 10.3 Å². The summed E-state index contributed by atoms with van der Waals surface area (Å²) in [7, 11) is 1.73. The van der Waals surface area contributed by atoms with Gasteiger partial charge in [-0.1, -0.05) is 16.8 Å². The molecule has 3 aromatic heterocycles. The van der Waals surface area contributed by atoms with E-state index in [-0.39, 0.29) is 0 Å². The quantitative estimate of drug-likeness (QED) is 0.766. The van der Waals surface area contributed by atoms with Gasteiger partial charge in [-0.3, -0.25) is 9.67 Å². The second-order valence-corrected chi connectivity index (χ2v) is 4.29. The average molecular weight is 277 g/mol. The summed E-state index contributed by atoms with van der Waals surface area (Å²) < 4.78 is 6.69. The Morgan fingerprint density at radius 1 is 1.32 bits per heavy atom. The first-order valence-electron chi connectivity index (χ1n) is 5.38. The van der Waals surface area contributed by atoms with Gasteiger partial charge in [0.1, 0.15) is 17.1 Å². The second-order valence-electron chi connectivity index (χ2n) is 3.85. The maximum absolute atomic E-state index is 5.84. The Morgan fingerprint density at radius 2 is 2.16 bits per heavy atom. The van der Waals surface area contributed by atoms with Crippen LogP contribution in [0, 0.1) is 0 Å². The molecule has 3 rings (SSSR count). The van der Waals surface area contributed by atoms with Gasteiger partial charge in [-0.25, -0.2) is 0 Å². The molecule has 3 heterocycles. The monoisotopic (exact) mass is 276 g/mol. The van der Waals surface area contributed by atoms with Crippen molar-refractivity contribution in [3.63, 3.8) is 0 Å². The van der Waals surface area contributed by atoms with E-state index in [1.165, 1.54) is 10.9 Å². The van der Waals surface area contributed by atoms with Gasteiger partial charge in [0.15, 0.2) is 0 Å². The SMILES string of the molecule is Cn1ncc(-c2nc(-c3ccc(Cl)cn3)no2)c1N. The zero-order valence-electron chi connectivity index (χ0n) is 9.91. The molecule has 0 aliphatic carbocycles. The molecule has 0 saturated heterocycles. The van der Waals surface area contributed by atoms with Crippen molar-refractivity contribution in [1.82, 2.24) is 24.9 Å². The maximum Gasteiger partial charge on any atom is 0.263 e. The Balaban J connectivity index is 2.00. The number of nitrogen functional groups attached to an aromatic ring is 1. The largest absolute Gasteiger partial charge is 0.383 e. The molecule has 3 aromatic rings. The van der Waals surface area contributed by atoms with Crippen LogP contribution in [0.2, 0.25) is 5.02 Å². The highest BCUT2D eigenvalue weighted by atomic mass is 35.5. The van der Waals surface area contributed by atoms with Gasteiger partial charge in [0.25, 0.3) is 5.89 Å². The first-order chi connectivity index (χ1) is 9.15. The fourth-order valence-corrected chi connectivity index (χ4v) is 1.67. The van der Waals surface area contributed by atoms with E-state index in [1.807, 2.05) is 0 Å². The Hall–Kier alpha value is -2.41. The van der Waals surface area contributed by atoms with E-state index in [2.05, 4.69) is 20.2 Å². The van der Waals surface area contributed by atoms with E-state index in [0.717, 1.165) is 0 Å². The number of nitrogens with two attached hydrogens (primary N) is 1. The number of nitrogens with zero attached hydrogens (tertiary/aromatic N) is 5. The van der Waals surface area contributed by atoms with Gasteiger partial charge in [0.2, 0.25) is 5.82 Å². The maximum atomic E-state index is 5.84. The molecular weight excluding hydrogens is 268 g/mol. The van der Waals surface area contributed by atoms with Crippen LogP contribution in [0.1, 0.15) is 0 Å². The molecule has 96 valence electrons. The summed E-state index contributed by atoms with van der Waals surface area (Å²) in [6, 6.07) is 3.42. The van der Waals surface area contributed by atoms with E-state index in [4.69, 9.17) is 21.9 Å². The summed E-state index contributed by atoms with van der Waals surface area (Å²) in [6.07, 6.45) is 3.09. The van der Waals surface area contributed by atoms with Crippen molar-refractivity contribution in [2.45, 2.75) is 0 Å². The topological polar surface area (TPSA) is 95.6 Å². The van der Waals surface area contributed by atoms with E-state index in [1.54, 1.807) is 25.4 Å².